The van der Waals surface area contributed by atoms with E-state index in [0.29, 0.717) is 30.3 Å². The fraction of sp³-hybridized carbons (Fsp3) is 0.381. The molecule has 0 heterocycles. The molecule has 1 unspecified atom stereocenters. The summed E-state index contributed by atoms with van der Waals surface area (Å²) in [7, 11) is 4.02. The Morgan fingerprint density at radius 1 is 1.07 bits per heavy atom. The van der Waals surface area contributed by atoms with E-state index in [1.807, 2.05) is 52.2 Å². The van der Waals surface area contributed by atoms with E-state index in [-0.39, 0.29) is 5.84 Å². The molecule has 2 aromatic carbocycles. The van der Waals surface area contributed by atoms with Gasteiger partial charge in [-0.3, -0.25) is 0 Å². The van der Waals surface area contributed by atoms with Crippen molar-refractivity contribution in [1.29, 1.82) is 0 Å². The molecule has 0 fully saturated rings. The van der Waals surface area contributed by atoms with Crippen molar-refractivity contribution < 1.29 is 14.6 Å². The maximum Gasteiger partial charge on any atom is 0.173 e. The number of benzene rings is 2. The summed E-state index contributed by atoms with van der Waals surface area (Å²) in [4.78, 5) is 6.33. The van der Waals surface area contributed by atoms with Gasteiger partial charge in [0, 0.05) is 17.7 Å². The molecule has 2 rings (SSSR count). The molecule has 0 radical (unpaired) electrons. The maximum absolute atomic E-state index is 10.5. The van der Waals surface area contributed by atoms with Crippen LogP contribution >= 0.6 is 0 Å². The molecule has 0 aliphatic rings. The maximum atomic E-state index is 10.5. The number of amidine groups is 1. The lowest BCUT2D eigenvalue weighted by Gasteiger charge is -2.14. The molecule has 0 aromatic heterocycles. The summed E-state index contributed by atoms with van der Waals surface area (Å²) < 4.78 is 11.2. The fourth-order valence-electron chi connectivity index (χ4n) is 2.70. The Balaban J connectivity index is 2.24. The van der Waals surface area contributed by atoms with Crippen LogP contribution in [0.4, 0.5) is 0 Å². The third-order valence-corrected chi connectivity index (χ3v) is 3.85. The van der Waals surface area contributed by atoms with E-state index in [0.717, 1.165) is 17.7 Å². The Morgan fingerprint density at radius 2 is 1.78 bits per heavy atom. The molecule has 3 N–H and O–H groups in total. The van der Waals surface area contributed by atoms with Crippen LogP contribution in [0.1, 0.15) is 36.8 Å². The smallest absolute Gasteiger partial charge is 0.173 e. The second kappa shape index (κ2) is 9.94. The van der Waals surface area contributed by atoms with Crippen molar-refractivity contribution in [2.45, 2.75) is 26.6 Å². The molecule has 2 aromatic rings. The van der Waals surface area contributed by atoms with Gasteiger partial charge in [-0.05, 0) is 51.7 Å². The molecule has 0 amide bonds. The summed E-state index contributed by atoms with van der Waals surface area (Å²) >= 11 is 0. The van der Waals surface area contributed by atoms with E-state index < -0.39 is 6.23 Å². The highest BCUT2D eigenvalue weighted by Crippen LogP contribution is 2.31. The number of nitrogens with two attached hydrogens (primary N) is 1. The van der Waals surface area contributed by atoms with Crippen LogP contribution < -0.4 is 15.2 Å². The van der Waals surface area contributed by atoms with Crippen LogP contribution in [0.15, 0.2) is 47.5 Å². The molecule has 0 aliphatic carbocycles. The SMILES string of the molecule is CCOc1ccc(C(O)/N=C(\N)c2cccc(CN(C)C)c2)cc1OCC. The van der Waals surface area contributed by atoms with Crippen LogP contribution in [-0.4, -0.2) is 43.2 Å². The molecule has 0 saturated heterocycles. The molecule has 27 heavy (non-hydrogen) atoms. The number of nitrogens with zero attached hydrogens (tertiary/aromatic N) is 2. The van der Waals surface area contributed by atoms with E-state index in [9.17, 15) is 5.11 Å². The normalized spacial score (nSPS) is 12.9. The third-order valence-electron chi connectivity index (χ3n) is 3.85. The lowest BCUT2D eigenvalue weighted by atomic mass is 10.1. The number of aliphatic hydroxyl groups excluding tert-OH is 1. The van der Waals surface area contributed by atoms with Gasteiger partial charge in [-0.15, -0.1) is 0 Å². The van der Waals surface area contributed by atoms with Crippen molar-refractivity contribution in [3.8, 4) is 11.5 Å². The summed E-state index contributed by atoms with van der Waals surface area (Å²) in [5, 5.41) is 10.5. The van der Waals surface area contributed by atoms with Crippen LogP contribution in [0.3, 0.4) is 0 Å². The number of ether oxygens (including phenoxy) is 2. The Morgan fingerprint density at radius 3 is 2.44 bits per heavy atom. The Labute approximate surface area is 161 Å². The first-order valence-electron chi connectivity index (χ1n) is 9.09. The molecule has 0 saturated carbocycles. The van der Waals surface area contributed by atoms with Crippen molar-refractivity contribution in [2.24, 2.45) is 10.7 Å². The van der Waals surface area contributed by atoms with Crippen LogP contribution in [0.25, 0.3) is 0 Å². The van der Waals surface area contributed by atoms with Crippen molar-refractivity contribution >= 4 is 5.84 Å². The van der Waals surface area contributed by atoms with Gasteiger partial charge in [-0.1, -0.05) is 24.3 Å². The van der Waals surface area contributed by atoms with Crippen molar-refractivity contribution in [1.82, 2.24) is 4.90 Å². The molecule has 146 valence electrons. The third kappa shape index (κ3) is 5.98. The number of hydrogen-bond donors (Lipinski definition) is 2. The van der Waals surface area contributed by atoms with Crippen LogP contribution in [0.2, 0.25) is 0 Å². The first kappa shape index (κ1) is 20.7. The first-order valence-corrected chi connectivity index (χ1v) is 9.09. The minimum Gasteiger partial charge on any atom is -0.490 e. The number of rotatable bonds is 9. The molecule has 6 heteroatoms. The van der Waals surface area contributed by atoms with Gasteiger partial charge < -0.3 is 25.2 Å². The van der Waals surface area contributed by atoms with Gasteiger partial charge in [0.15, 0.2) is 17.7 Å². The Kier molecular flexibility index (Phi) is 7.64. The number of hydrogen-bond acceptors (Lipinski definition) is 5. The predicted octanol–water partition coefficient (Wildman–Crippen LogP) is 2.94. The lowest BCUT2D eigenvalue weighted by Crippen LogP contribution is -2.17. The molecule has 6 nitrogen and oxygen atoms in total. The van der Waals surface area contributed by atoms with E-state index >= 15 is 0 Å². The van der Waals surface area contributed by atoms with Crippen molar-refractivity contribution in [2.75, 3.05) is 27.3 Å². The molecule has 0 aliphatic heterocycles. The van der Waals surface area contributed by atoms with Gasteiger partial charge >= 0.3 is 0 Å². The minimum atomic E-state index is -1.09. The van der Waals surface area contributed by atoms with Gasteiger partial charge in [0.1, 0.15) is 5.84 Å². The monoisotopic (exact) mass is 371 g/mol. The molecule has 1 atom stereocenters. The van der Waals surface area contributed by atoms with E-state index in [4.69, 9.17) is 15.2 Å². The fourth-order valence-corrected chi connectivity index (χ4v) is 2.70. The average Bonchev–Trinajstić information content (AvgIpc) is 2.63. The predicted molar refractivity (Wildman–Crippen MR) is 108 cm³/mol. The standard InChI is InChI=1S/C21H29N3O3/c1-5-26-18-11-10-17(13-19(18)27-6-2)21(25)23-20(22)16-9-7-8-15(12-16)14-24(3)4/h7-13,21,25H,5-6,14H2,1-4H3,(H2,22,23). The highest BCUT2D eigenvalue weighted by Gasteiger charge is 2.13. The van der Waals surface area contributed by atoms with Gasteiger partial charge in [-0.2, -0.15) is 0 Å². The highest BCUT2D eigenvalue weighted by atomic mass is 16.5. The van der Waals surface area contributed by atoms with E-state index in [1.54, 1.807) is 18.2 Å². The van der Waals surface area contributed by atoms with E-state index in [1.165, 1.54) is 0 Å². The van der Waals surface area contributed by atoms with Gasteiger partial charge in [0.2, 0.25) is 0 Å². The minimum absolute atomic E-state index is 0.287. The lowest BCUT2D eigenvalue weighted by molar-refractivity contribution is 0.187. The summed E-state index contributed by atoms with van der Waals surface area (Å²) in [6.45, 7) is 5.66. The summed E-state index contributed by atoms with van der Waals surface area (Å²) in [6, 6.07) is 13.1. The second-order valence-corrected chi connectivity index (χ2v) is 6.40. The Hall–Kier alpha value is -2.57. The summed E-state index contributed by atoms with van der Waals surface area (Å²) in [5.74, 6) is 1.51. The second-order valence-electron chi connectivity index (χ2n) is 6.40. The largest absolute Gasteiger partial charge is 0.490 e. The van der Waals surface area contributed by atoms with Gasteiger partial charge in [0.25, 0.3) is 0 Å². The first-order chi connectivity index (χ1) is 12.9. The Bertz CT molecular complexity index is 775. The highest BCUT2D eigenvalue weighted by molar-refractivity contribution is 5.97. The van der Waals surface area contributed by atoms with Crippen LogP contribution in [-0.2, 0) is 6.54 Å². The van der Waals surface area contributed by atoms with Crippen LogP contribution in [0, 0.1) is 0 Å². The van der Waals surface area contributed by atoms with Gasteiger partial charge in [0.05, 0.1) is 13.2 Å². The van der Waals surface area contributed by atoms with Crippen LogP contribution in [0.5, 0.6) is 11.5 Å². The zero-order valence-electron chi connectivity index (χ0n) is 16.5. The quantitative estimate of drug-likeness (QED) is 0.523. The molecule has 0 bridgehead atoms. The zero-order valence-corrected chi connectivity index (χ0v) is 16.5. The summed E-state index contributed by atoms with van der Waals surface area (Å²) in [6.07, 6.45) is -1.09. The van der Waals surface area contributed by atoms with E-state index in [2.05, 4.69) is 9.89 Å². The number of aliphatic imine (C=N–C) groups is 1. The summed E-state index contributed by atoms with van der Waals surface area (Å²) in [5.41, 5.74) is 8.63. The van der Waals surface area contributed by atoms with Crippen molar-refractivity contribution in [3.63, 3.8) is 0 Å². The van der Waals surface area contributed by atoms with Gasteiger partial charge in [-0.25, -0.2) is 4.99 Å². The average molecular weight is 371 g/mol. The van der Waals surface area contributed by atoms with Crippen molar-refractivity contribution in [3.05, 3.63) is 59.2 Å². The number of aliphatic hydroxyl groups is 1. The molecule has 0 spiro atoms. The molecular formula is C21H29N3O3. The zero-order chi connectivity index (χ0) is 19.8. The molecular weight excluding hydrogens is 342 g/mol. The topological polar surface area (TPSA) is 80.3 Å².